The Morgan fingerprint density at radius 3 is 2.82 bits per heavy atom. The lowest BCUT2D eigenvalue weighted by Crippen LogP contribution is -2.26. The van der Waals surface area contributed by atoms with E-state index in [9.17, 15) is 4.79 Å². The molecule has 1 aliphatic carbocycles. The summed E-state index contributed by atoms with van der Waals surface area (Å²) in [5.41, 5.74) is 0. The van der Waals surface area contributed by atoms with Gasteiger partial charge in [-0.25, -0.2) is 4.99 Å². The molecule has 0 aromatic carbocycles. The molecular weight excluding hydrogens is 160 g/mol. The van der Waals surface area contributed by atoms with E-state index in [0.717, 1.165) is 5.04 Å². The van der Waals surface area contributed by atoms with Gasteiger partial charge in [0.15, 0.2) is 0 Å². The fourth-order valence-corrected chi connectivity index (χ4v) is 2.15. The summed E-state index contributed by atoms with van der Waals surface area (Å²) in [6.07, 6.45) is 2.44. The topological polar surface area (TPSA) is 41.5 Å². The quantitative estimate of drug-likeness (QED) is 0.660. The van der Waals surface area contributed by atoms with Crippen LogP contribution < -0.4 is 5.32 Å². The number of hydrogen-bond acceptors (Lipinski definition) is 3. The standard InChI is InChI=1S/C7H10N2OS/c1-8-7-5(10)9-6(11-7)4-2-3-4/h4,7-8H,2-3H2,1H3. The summed E-state index contributed by atoms with van der Waals surface area (Å²) in [5, 5.41) is 3.87. The van der Waals surface area contributed by atoms with E-state index in [2.05, 4.69) is 10.3 Å². The summed E-state index contributed by atoms with van der Waals surface area (Å²) in [4.78, 5) is 15.1. The number of amides is 1. The van der Waals surface area contributed by atoms with Gasteiger partial charge in [-0.2, -0.15) is 0 Å². The van der Waals surface area contributed by atoms with E-state index in [1.807, 2.05) is 0 Å². The first kappa shape index (κ1) is 7.31. The van der Waals surface area contributed by atoms with Crippen LogP contribution in [0.3, 0.4) is 0 Å². The fraction of sp³-hybridized carbons (Fsp3) is 0.714. The van der Waals surface area contributed by atoms with Crippen LogP contribution in [0.4, 0.5) is 0 Å². The average molecular weight is 170 g/mol. The van der Waals surface area contributed by atoms with Crippen molar-refractivity contribution in [3.63, 3.8) is 0 Å². The second-order valence-corrected chi connectivity index (χ2v) is 3.97. The zero-order valence-corrected chi connectivity index (χ0v) is 7.15. The predicted octanol–water partition coefficient (Wildman–Crippen LogP) is 0.614. The molecular formula is C7H10N2OS. The van der Waals surface area contributed by atoms with E-state index in [4.69, 9.17) is 0 Å². The third kappa shape index (κ3) is 1.32. The predicted molar refractivity (Wildman–Crippen MR) is 45.6 cm³/mol. The van der Waals surface area contributed by atoms with Crippen LogP contribution in [0.5, 0.6) is 0 Å². The molecule has 2 aliphatic rings. The van der Waals surface area contributed by atoms with Crippen molar-refractivity contribution >= 4 is 22.7 Å². The van der Waals surface area contributed by atoms with Gasteiger partial charge in [0.1, 0.15) is 5.37 Å². The van der Waals surface area contributed by atoms with Gasteiger partial charge in [-0.1, -0.05) is 11.8 Å². The molecule has 1 atom stereocenters. The van der Waals surface area contributed by atoms with Gasteiger partial charge in [0.25, 0.3) is 5.91 Å². The zero-order chi connectivity index (χ0) is 7.84. The molecule has 1 fully saturated rings. The van der Waals surface area contributed by atoms with Crippen molar-refractivity contribution in [3.05, 3.63) is 0 Å². The number of likely N-dealkylation sites (N-methyl/N-ethyl adjacent to an activating group) is 1. The monoisotopic (exact) mass is 170 g/mol. The highest BCUT2D eigenvalue weighted by atomic mass is 32.2. The van der Waals surface area contributed by atoms with Gasteiger partial charge in [-0.15, -0.1) is 0 Å². The van der Waals surface area contributed by atoms with Gasteiger partial charge in [0, 0.05) is 5.92 Å². The molecule has 1 aliphatic heterocycles. The lowest BCUT2D eigenvalue weighted by molar-refractivity contribution is -0.117. The number of nitrogens with zero attached hydrogens (tertiary/aromatic N) is 1. The van der Waals surface area contributed by atoms with Gasteiger partial charge in [0.2, 0.25) is 0 Å². The molecule has 0 saturated heterocycles. The first-order valence-electron chi connectivity index (χ1n) is 3.77. The number of rotatable bonds is 2. The van der Waals surface area contributed by atoms with Crippen LogP contribution in [-0.2, 0) is 4.79 Å². The van der Waals surface area contributed by atoms with Crippen molar-refractivity contribution in [2.24, 2.45) is 10.9 Å². The minimum absolute atomic E-state index is 0.0144. The Hall–Kier alpha value is -0.350. The number of nitrogens with one attached hydrogen (secondary N) is 1. The summed E-state index contributed by atoms with van der Waals surface area (Å²) in [5.74, 6) is 0.599. The average Bonchev–Trinajstić information content (AvgIpc) is 2.76. The molecule has 0 spiro atoms. The summed E-state index contributed by atoms with van der Waals surface area (Å²) < 4.78 is 0. The van der Waals surface area contributed by atoms with Crippen molar-refractivity contribution in [1.82, 2.24) is 5.32 Å². The van der Waals surface area contributed by atoms with Crippen molar-refractivity contribution in [2.75, 3.05) is 7.05 Å². The van der Waals surface area contributed by atoms with Crippen molar-refractivity contribution in [2.45, 2.75) is 18.2 Å². The highest BCUT2D eigenvalue weighted by Crippen LogP contribution is 2.38. The molecule has 1 N–H and O–H groups in total. The van der Waals surface area contributed by atoms with E-state index >= 15 is 0 Å². The van der Waals surface area contributed by atoms with Crippen molar-refractivity contribution in [3.8, 4) is 0 Å². The van der Waals surface area contributed by atoms with Crippen molar-refractivity contribution in [1.29, 1.82) is 0 Å². The molecule has 11 heavy (non-hydrogen) atoms. The normalized spacial score (nSPS) is 30.8. The van der Waals surface area contributed by atoms with E-state index < -0.39 is 0 Å². The van der Waals surface area contributed by atoms with E-state index in [0.29, 0.717) is 5.92 Å². The third-order valence-electron chi connectivity index (χ3n) is 1.87. The van der Waals surface area contributed by atoms with Crippen LogP contribution in [0.1, 0.15) is 12.8 Å². The second kappa shape index (κ2) is 2.60. The number of carbonyl (C=O) groups excluding carboxylic acids is 1. The van der Waals surface area contributed by atoms with Gasteiger partial charge < -0.3 is 5.32 Å². The van der Waals surface area contributed by atoms with Crippen LogP contribution >= 0.6 is 11.8 Å². The minimum atomic E-state index is -0.106. The molecule has 60 valence electrons. The van der Waals surface area contributed by atoms with E-state index in [1.165, 1.54) is 12.8 Å². The number of aliphatic imine (C=N–C) groups is 1. The lowest BCUT2D eigenvalue weighted by Gasteiger charge is -2.02. The zero-order valence-electron chi connectivity index (χ0n) is 6.33. The highest BCUT2D eigenvalue weighted by Gasteiger charge is 2.36. The molecule has 0 aromatic heterocycles. The van der Waals surface area contributed by atoms with E-state index in [1.54, 1.807) is 18.8 Å². The van der Waals surface area contributed by atoms with Crippen LogP contribution in [0.25, 0.3) is 0 Å². The van der Waals surface area contributed by atoms with Crippen molar-refractivity contribution < 1.29 is 4.79 Å². The number of carbonyl (C=O) groups is 1. The molecule has 2 rings (SSSR count). The van der Waals surface area contributed by atoms with Crippen LogP contribution in [0, 0.1) is 5.92 Å². The Kier molecular flexibility index (Phi) is 1.73. The molecule has 3 nitrogen and oxygen atoms in total. The van der Waals surface area contributed by atoms with Crippen LogP contribution in [0.2, 0.25) is 0 Å². The summed E-state index contributed by atoms with van der Waals surface area (Å²) in [7, 11) is 1.79. The maximum absolute atomic E-state index is 11.1. The second-order valence-electron chi connectivity index (χ2n) is 2.85. The Labute approximate surface area is 69.6 Å². The summed E-state index contributed by atoms with van der Waals surface area (Å²) in [6, 6.07) is 0. The molecule has 1 heterocycles. The molecule has 0 bridgehead atoms. The summed E-state index contributed by atoms with van der Waals surface area (Å²) >= 11 is 1.58. The molecule has 1 saturated carbocycles. The third-order valence-corrected chi connectivity index (χ3v) is 3.21. The van der Waals surface area contributed by atoms with Crippen LogP contribution in [0.15, 0.2) is 4.99 Å². The smallest absolute Gasteiger partial charge is 0.274 e. The largest absolute Gasteiger partial charge is 0.300 e. The Morgan fingerprint density at radius 1 is 1.64 bits per heavy atom. The molecule has 1 unspecified atom stereocenters. The fourth-order valence-electron chi connectivity index (χ4n) is 1.06. The molecule has 0 radical (unpaired) electrons. The SMILES string of the molecule is CNC1SC(C2CC2)=NC1=O. The highest BCUT2D eigenvalue weighted by molar-refractivity contribution is 8.15. The van der Waals surface area contributed by atoms with Gasteiger partial charge in [-0.3, -0.25) is 4.79 Å². The number of thioether (sulfide) groups is 1. The van der Waals surface area contributed by atoms with Gasteiger partial charge in [-0.05, 0) is 19.9 Å². The van der Waals surface area contributed by atoms with E-state index in [-0.39, 0.29) is 11.3 Å². The Bertz CT molecular complexity index is 222. The molecule has 4 heteroatoms. The maximum atomic E-state index is 11.1. The summed E-state index contributed by atoms with van der Waals surface area (Å²) in [6.45, 7) is 0. The van der Waals surface area contributed by atoms with Crippen LogP contribution in [-0.4, -0.2) is 23.4 Å². The maximum Gasteiger partial charge on any atom is 0.274 e. The molecule has 0 aromatic rings. The number of hydrogen-bond donors (Lipinski definition) is 1. The molecule has 1 amide bonds. The lowest BCUT2D eigenvalue weighted by atomic mass is 10.5. The minimum Gasteiger partial charge on any atom is -0.300 e. The Morgan fingerprint density at radius 2 is 2.36 bits per heavy atom. The first-order chi connectivity index (χ1) is 5.31. The Balaban J connectivity index is 2.04. The first-order valence-corrected chi connectivity index (χ1v) is 4.65. The van der Waals surface area contributed by atoms with Gasteiger partial charge >= 0.3 is 0 Å². The van der Waals surface area contributed by atoms with Gasteiger partial charge in [0.05, 0.1) is 5.04 Å².